The third kappa shape index (κ3) is 4.23. The molecule has 186 valence electrons. The molecule has 37 heavy (non-hydrogen) atoms. The van der Waals surface area contributed by atoms with Gasteiger partial charge in [0, 0.05) is 34.0 Å². The van der Waals surface area contributed by atoms with Gasteiger partial charge in [-0.3, -0.25) is 9.36 Å². The lowest BCUT2D eigenvalue weighted by Gasteiger charge is -2.14. The monoisotopic (exact) mass is 534 g/mol. The standard InChI is InChI=1S/C24H19ClN8O3S/c1-2-36-24(35)20-7-13(11-37-20)17-10-26-23(29-17)19-5-6-21-28-16(9-22(34)33(19)21)15-8-14(25)3-4-18(15)32-12-27-30-31-32/h3-4,7-12,19H,2,5-6H2,1H3,(H,26,29)/t19-/m0/s1. The number of benzene rings is 1. The molecule has 0 saturated carbocycles. The van der Waals surface area contributed by atoms with Crippen LogP contribution in [0.4, 0.5) is 0 Å². The van der Waals surface area contributed by atoms with E-state index in [9.17, 15) is 9.59 Å². The summed E-state index contributed by atoms with van der Waals surface area (Å²) in [5.41, 5.74) is 3.21. The molecule has 0 radical (unpaired) electrons. The zero-order valence-electron chi connectivity index (χ0n) is 19.5. The molecule has 5 heterocycles. The lowest BCUT2D eigenvalue weighted by molar-refractivity contribution is 0.0532. The van der Waals surface area contributed by atoms with Crippen molar-refractivity contribution in [3.63, 3.8) is 0 Å². The zero-order chi connectivity index (χ0) is 25.5. The van der Waals surface area contributed by atoms with Crippen molar-refractivity contribution in [3.05, 3.63) is 80.1 Å². The van der Waals surface area contributed by atoms with Crippen LogP contribution in [-0.2, 0) is 11.2 Å². The topological polar surface area (TPSA) is 133 Å². The van der Waals surface area contributed by atoms with Crippen molar-refractivity contribution >= 4 is 28.9 Å². The van der Waals surface area contributed by atoms with Crippen LogP contribution in [0.2, 0.25) is 5.02 Å². The maximum atomic E-state index is 13.3. The molecule has 5 aromatic rings. The summed E-state index contributed by atoms with van der Waals surface area (Å²) in [6.45, 7) is 2.09. The molecule has 1 atom stereocenters. The van der Waals surface area contributed by atoms with Crippen LogP contribution in [0.25, 0.3) is 28.2 Å². The van der Waals surface area contributed by atoms with Crippen molar-refractivity contribution in [3.8, 4) is 28.2 Å². The van der Waals surface area contributed by atoms with E-state index in [4.69, 9.17) is 21.3 Å². The average molecular weight is 535 g/mol. The van der Waals surface area contributed by atoms with Crippen LogP contribution in [-0.4, -0.2) is 52.3 Å². The third-order valence-corrected chi connectivity index (χ3v) is 7.25. The minimum absolute atomic E-state index is 0.191. The van der Waals surface area contributed by atoms with Gasteiger partial charge in [-0.1, -0.05) is 11.6 Å². The maximum Gasteiger partial charge on any atom is 0.348 e. The number of ether oxygens (including phenoxy) is 1. The molecule has 0 fully saturated rings. The van der Waals surface area contributed by atoms with Gasteiger partial charge in [0.2, 0.25) is 0 Å². The molecular formula is C24H19ClN8O3S. The van der Waals surface area contributed by atoms with Gasteiger partial charge in [0.1, 0.15) is 22.9 Å². The number of hydrogen-bond acceptors (Lipinski definition) is 9. The van der Waals surface area contributed by atoms with Gasteiger partial charge in [0.05, 0.1) is 35.9 Å². The van der Waals surface area contributed by atoms with Crippen molar-refractivity contribution in [2.24, 2.45) is 0 Å². The summed E-state index contributed by atoms with van der Waals surface area (Å²) in [6.07, 6.45) is 4.46. The number of H-pyrrole nitrogens is 1. The summed E-state index contributed by atoms with van der Waals surface area (Å²) >= 11 is 7.58. The fourth-order valence-electron chi connectivity index (χ4n) is 4.46. The normalized spacial score (nSPS) is 14.6. The fourth-order valence-corrected chi connectivity index (χ4v) is 5.44. The van der Waals surface area contributed by atoms with Crippen LogP contribution in [0.1, 0.15) is 40.7 Å². The molecular weight excluding hydrogens is 516 g/mol. The quantitative estimate of drug-likeness (QED) is 0.326. The number of tetrazole rings is 1. The molecule has 11 nitrogen and oxygen atoms in total. The highest BCUT2D eigenvalue weighted by atomic mass is 35.5. The van der Waals surface area contributed by atoms with Gasteiger partial charge in [0.25, 0.3) is 5.56 Å². The Morgan fingerprint density at radius 3 is 3.00 bits per heavy atom. The highest BCUT2D eigenvalue weighted by Crippen LogP contribution is 2.33. The minimum atomic E-state index is -0.348. The first-order valence-corrected chi connectivity index (χ1v) is 12.7. The number of halogens is 1. The average Bonchev–Trinajstić information content (AvgIpc) is 3.69. The van der Waals surface area contributed by atoms with Crippen molar-refractivity contribution in [2.45, 2.75) is 25.8 Å². The highest BCUT2D eigenvalue weighted by Gasteiger charge is 2.29. The molecule has 1 N–H and O–H groups in total. The number of carbonyl (C=O) groups is 1. The second-order valence-electron chi connectivity index (χ2n) is 8.34. The molecule has 1 aliphatic rings. The van der Waals surface area contributed by atoms with Crippen molar-refractivity contribution in [1.82, 2.24) is 39.7 Å². The number of aromatic amines is 1. The molecule has 1 aromatic carbocycles. The van der Waals surface area contributed by atoms with Gasteiger partial charge in [-0.05, 0) is 48.0 Å². The van der Waals surface area contributed by atoms with E-state index in [0.717, 1.165) is 11.3 Å². The molecule has 0 spiro atoms. The first kappa shape index (κ1) is 23.3. The number of imidazole rings is 1. The number of esters is 1. The Balaban J connectivity index is 1.33. The maximum absolute atomic E-state index is 13.3. The Morgan fingerprint density at radius 2 is 2.19 bits per heavy atom. The van der Waals surface area contributed by atoms with Gasteiger partial charge >= 0.3 is 5.97 Å². The van der Waals surface area contributed by atoms with E-state index in [-0.39, 0.29) is 17.6 Å². The van der Waals surface area contributed by atoms with Crippen LogP contribution in [0.3, 0.4) is 0 Å². The van der Waals surface area contributed by atoms with E-state index in [2.05, 4.69) is 25.5 Å². The number of hydrogen-bond donors (Lipinski definition) is 1. The highest BCUT2D eigenvalue weighted by molar-refractivity contribution is 7.12. The molecule has 0 amide bonds. The summed E-state index contributed by atoms with van der Waals surface area (Å²) < 4.78 is 8.25. The van der Waals surface area contributed by atoms with Crippen LogP contribution >= 0.6 is 22.9 Å². The van der Waals surface area contributed by atoms with E-state index in [0.29, 0.717) is 57.9 Å². The van der Waals surface area contributed by atoms with Gasteiger partial charge in [-0.25, -0.2) is 14.8 Å². The number of fused-ring (bicyclic) bond motifs is 1. The van der Waals surface area contributed by atoms with E-state index < -0.39 is 0 Å². The van der Waals surface area contributed by atoms with Crippen LogP contribution in [0.15, 0.2) is 53.0 Å². The number of aromatic nitrogens is 8. The zero-order valence-corrected chi connectivity index (χ0v) is 21.0. The van der Waals surface area contributed by atoms with Gasteiger partial charge < -0.3 is 9.72 Å². The molecule has 1 aliphatic heterocycles. The Morgan fingerprint density at radius 1 is 1.30 bits per heavy atom. The Kier molecular flexibility index (Phi) is 5.89. The predicted octanol–water partition coefficient (Wildman–Crippen LogP) is 3.70. The Hall–Kier alpha value is -4.16. The SMILES string of the molecule is CCOC(=O)c1cc(-c2cnc([C@@H]3CCc4nc(-c5cc(Cl)ccc5-n5cnnn5)cc(=O)n43)[nH]2)cs1. The largest absolute Gasteiger partial charge is 0.462 e. The molecule has 13 heteroatoms. The van der Waals surface area contributed by atoms with Gasteiger partial charge in [-0.15, -0.1) is 16.4 Å². The molecule has 0 bridgehead atoms. The summed E-state index contributed by atoms with van der Waals surface area (Å²) in [4.78, 5) is 38.5. The fraction of sp³-hybridized carbons (Fsp3) is 0.208. The summed E-state index contributed by atoms with van der Waals surface area (Å²) in [5.74, 6) is 0.972. The Labute approximate surface area is 218 Å². The molecule has 6 rings (SSSR count). The first-order valence-electron chi connectivity index (χ1n) is 11.5. The number of nitrogens with zero attached hydrogens (tertiary/aromatic N) is 7. The van der Waals surface area contributed by atoms with Crippen LogP contribution < -0.4 is 5.56 Å². The van der Waals surface area contributed by atoms with Gasteiger partial charge in [-0.2, -0.15) is 4.68 Å². The number of thiophene rings is 1. The number of carbonyl (C=O) groups excluding carboxylic acids is 1. The second-order valence-corrected chi connectivity index (χ2v) is 9.69. The molecule has 0 saturated heterocycles. The molecule has 0 aliphatic carbocycles. The summed E-state index contributed by atoms with van der Waals surface area (Å²) in [5, 5.41) is 13.7. The Bertz CT molecular complexity index is 1670. The van der Waals surface area contributed by atoms with Crippen molar-refractivity contribution in [2.75, 3.05) is 6.61 Å². The summed E-state index contributed by atoms with van der Waals surface area (Å²) in [7, 11) is 0. The third-order valence-electron chi connectivity index (χ3n) is 6.11. The smallest absolute Gasteiger partial charge is 0.348 e. The van der Waals surface area contributed by atoms with E-state index in [1.807, 2.05) is 5.38 Å². The number of rotatable bonds is 6. The van der Waals surface area contributed by atoms with Crippen LogP contribution in [0.5, 0.6) is 0 Å². The van der Waals surface area contributed by atoms with Gasteiger partial charge in [0.15, 0.2) is 0 Å². The molecule has 4 aromatic heterocycles. The van der Waals surface area contributed by atoms with Crippen molar-refractivity contribution < 1.29 is 9.53 Å². The second kappa shape index (κ2) is 9.37. The number of nitrogens with one attached hydrogen (secondary N) is 1. The van der Waals surface area contributed by atoms with E-state index >= 15 is 0 Å². The van der Waals surface area contributed by atoms with Crippen LogP contribution in [0, 0.1) is 0 Å². The minimum Gasteiger partial charge on any atom is -0.462 e. The predicted molar refractivity (Wildman–Crippen MR) is 136 cm³/mol. The lowest BCUT2D eigenvalue weighted by Crippen LogP contribution is -2.25. The summed E-state index contributed by atoms with van der Waals surface area (Å²) in [6, 6.07) is 8.25. The number of aryl methyl sites for hydroxylation is 1. The lowest BCUT2D eigenvalue weighted by atomic mass is 10.1. The molecule has 0 unspecified atom stereocenters. The van der Waals surface area contributed by atoms with E-state index in [1.165, 1.54) is 28.4 Å². The first-order chi connectivity index (χ1) is 18.0. The van der Waals surface area contributed by atoms with E-state index in [1.54, 1.807) is 42.0 Å². The van der Waals surface area contributed by atoms with Crippen molar-refractivity contribution in [1.29, 1.82) is 0 Å².